The number of nitrogens with one attached hydrogen (secondary N) is 2. The lowest BCUT2D eigenvalue weighted by Gasteiger charge is -2.30. The van der Waals surface area contributed by atoms with Crippen molar-refractivity contribution in [3.8, 4) is 11.5 Å². The van der Waals surface area contributed by atoms with Crippen molar-refractivity contribution in [1.82, 2.24) is 10.6 Å². The zero-order valence-electron chi connectivity index (χ0n) is 17.7. The molecular weight excluding hydrogens is 418 g/mol. The Balaban J connectivity index is 2.26. The molecule has 1 heterocycles. The van der Waals surface area contributed by atoms with Crippen molar-refractivity contribution < 1.29 is 29.1 Å². The first kappa shape index (κ1) is 22.6. The number of hydrogen-bond acceptors (Lipinski definition) is 7. The molecule has 0 aliphatic carbocycles. The monoisotopic (exact) mass is 441 g/mol. The maximum Gasteiger partial charge on any atom is 0.338 e. The molecule has 10 nitrogen and oxygen atoms in total. The molecule has 0 fully saturated rings. The summed E-state index contributed by atoms with van der Waals surface area (Å²) in [5, 5.41) is 27.0. The van der Waals surface area contributed by atoms with Crippen LogP contribution in [0.1, 0.15) is 37.9 Å². The van der Waals surface area contributed by atoms with Crippen molar-refractivity contribution in [3.63, 3.8) is 0 Å². The van der Waals surface area contributed by atoms with E-state index in [9.17, 15) is 24.8 Å². The minimum atomic E-state index is -1.09. The molecule has 1 aliphatic rings. The zero-order valence-corrected chi connectivity index (χ0v) is 17.7. The zero-order chi connectivity index (χ0) is 23.4. The van der Waals surface area contributed by atoms with Crippen LogP contribution in [0.25, 0.3) is 5.70 Å². The van der Waals surface area contributed by atoms with Crippen LogP contribution in [-0.2, 0) is 9.53 Å². The molecule has 2 amide bonds. The minimum Gasteiger partial charge on any atom is -0.500 e. The lowest BCUT2D eigenvalue weighted by Crippen LogP contribution is -2.45. The van der Waals surface area contributed by atoms with Gasteiger partial charge in [0.1, 0.15) is 0 Å². The second-order valence-corrected chi connectivity index (χ2v) is 7.22. The number of urea groups is 1. The van der Waals surface area contributed by atoms with Gasteiger partial charge in [-0.15, -0.1) is 0 Å². The molecule has 0 bridgehead atoms. The van der Waals surface area contributed by atoms with Gasteiger partial charge in [0, 0.05) is 6.07 Å². The number of nitrogens with zero attached hydrogens (tertiary/aromatic N) is 1. The first-order valence-electron chi connectivity index (χ1n) is 9.95. The highest BCUT2D eigenvalue weighted by molar-refractivity contribution is 6.04. The molecule has 1 unspecified atom stereocenters. The fraction of sp³-hybridized carbons (Fsp3) is 0.273. The van der Waals surface area contributed by atoms with Crippen molar-refractivity contribution in [2.75, 3.05) is 6.61 Å². The maximum atomic E-state index is 13.1. The van der Waals surface area contributed by atoms with Crippen LogP contribution in [0.3, 0.4) is 0 Å². The quantitative estimate of drug-likeness (QED) is 0.340. The highest BCUT2D eigenvalue weighted by Crippen LogP contribution is 2.41. The van der Waals surface area contributed by atoms with E-state index in [0.717, 1.165) is 6.07 Å². The van der Waals surface area contributed by atoms with Crippen molar-refractivity contribution in [3.05, 3.63) is 69.3 Å². The number of hydrogen-bond donors (Lipinski definition) is 3. The van der Waals surface area contributed by atoms with Crippen molar-refractivity contribution in [1.29, 1.82) is 0 Å². The normalized spacial score (nSPS) is 15.8. The number of aromatic hydroxyl groups is 1. The van der Waals surface area contributed by atoms with E-state index in [0.29, 0.717) is 5.56 Å². The van der Waals surface area contributed by atoms with E-state index in [2.05, 4.69) is 10.6 Å². The molecule has 0 radical (unpaired) electrons. The van der Waals surface area contributed by atoms with E-state index in [4.69, 9.17) is 9.47 Å². The molecule has 2 aromatic rings. The first-order valence-corrected chi connectivity index (χ1v) is 9.95. The summed E-state index contributed by atoms with van der Waals surface area (Å²) in [4.78, 5) is 36.3. The van der Waals surface area contributed by atoms with Crippen LogP contribution >= 0.6 is 0 Å². The number of nitro benzene ring substituents is 1. The van der Waals surface area contributed by atoms with E-state index >= 15 is 0 Å². The number of phenols is 1. The Bertz CT molecular complexity index is 1080. The van der Waals surface area contributed by atoms with Gasteiger partial charge in [-0.2, -0.15) is 0 Å². The van der Waals surface area contributed by atoms with Gasteiger partial charge in [-0.3, -0.25) is 10.1 Å². The fourth-order valence-corrected chi connectivity index (χ4v) is 3.33. The first-order chi connectivity index (χ1) is 15.2. The van der Waals surface area contributed by atoms with Gasteiger partial charge in [0.2, 0.25) is 5.75 Å². The predicted octanol–water partition coefficient (Wildman–Crippen LogP) is 3.42. The van der Waals surface area contributed by atoms with Crippen LogP contribution in [0.2, 0.25) is 0 Å². The van der Waals surface area contributed by atoms with Gasteiger partial charge < -0.3 is 25.2 Å². The summed E-state index contributed by atoms with van der Waals surface area (Å²) in [5.74, 6) is -1.48. The van der Waals surface area contributed by atoms with Gasteiger partial charge >= 0.3 is 17.7 Å². The Morgan fingerprint density at radius 3 is 2.53 bits per heavy atom. The molecule has 168 valence electrons. The highest BCUT2D eigenvalue weighted by Gasteiger charge is 2.36. The molecule has 32 heavy (non-hydrogen) atoms. The van der Waals surface area contributed by atoms with Crippen LogP contribution in [0, 0.1) is 10.1 Å². The maximum absolute atomic E-state index is 13.1. The van der Waals surface area contributed by atoms with Crippen molar-refractivity contribution in [2.45, 2.75) is 32.9 Å². The second kappa shape index (κ2) is 9.38. The fourth-order valence-electron chi connectivity index (χ4n) is 3.33. The number of carbonyl (C=O) groups is 2. The molecular formula is C22H23N3O7. The lowest BCUT2D eigenvalue weighted by atomic mass is 9.92. The van der Waals surface area contributed by atoms with Crippen LogP contribution in [0.15, 0.2) is 48.0 Å². The smallest absolute Gasteiger partial charge is 0.338 e. The standard InChI is InChI=1S/C22H23N3O7/c1-4-31-16-11-14(10-15(20(16)26)25(29)30)19-17(21(27)32-12(2)3)18(23-22(28)24-19)13-8-6-5-7-9-13/h5-12,19,26H,4H2,1-3H3,(H2,23,24,28). The van der Waals surface area contributed by atoms with Crippen LogP contribution in [0.5, 0.6) is 11.5 Å². The molecule has 0 aromatic heterocycles. The number of benzene rings is 2. The largest absolute Gasteiger partial charge is 0.500 e. The number of esters is 1. The summed E-state index contributed by atoms with van der Waals surface area (Å²) in [6.07, 6.45) is -0.446. The van der Waals surface area contributed by atoms with E-state index < -0.39 is 40.5 Å². The van der Waals surface area contributed by atoms with Gasteiger partial charge in [0.25, 0.3) is 0 Å². The third-order valence-electron chi connectivity index (χ3n) is 4.60. The minimum absolute atomic E-state index is 0.0620. The van der Waals surface area contributed by atoms with Gasteiger partial charge in [0.15, 0.2) is 5.75 Å². The van der Waals surface area contributed by atoms with Gasteiger partial charge in [0.05, 0.1) is 34.9 Å². The van der Waals surface area contributed by atoms with E-state index in [1.807, 2.05) is 0 Å². The van der Waals surface area contributed by atoms with Gasteiger partial charge in [-0.05, 0) is 38.0 Å². The summed E-state index contributed by atoms with van der Waals surface area (Å²) in [5.41, 5.74) is 0.403. The Morgan fingerprint density at radius 2 is 1.94 bits per heavy atom. The Hall–Kier alpha value is -4.08. The molecule has 3 N–H and O–H groups in total. The molecule has 10 heteroatoms. The van der Waals surface area contributed by atoms with Crippen molar-refractivity contribution in [2.24, 2.45) is 0 Å². The number of amides is 2. The topological polar surface area (TPSA) is 140 Å². The summed E-state index contributed by atoms with van der Waals surface area (Å²) in [7, 11) is 0. The molecule has 0 spiro atoms. The SMILES string of the molecule is CCOc1cc(C2NC(=O)NC(c3ccccc3)=C2C(=O)OC(C)C)cc([N+](=O)[O-])c1O. The Kier molecular flexibility index (Phi) is 6.62. The van der Waals surface area contributed by atoms with Crippen molar-refractivity contribution >= 4 is 23.4 Å². The number of carbonyl (C=O) groups excluding carboxylic acids is 2. The van der Waals surface area contributed by atoms with Gasteiger partial charge in [-0.25, -0.2) is 9.59 Å². The van der Waals surface area contributed by atoms with Crippen LogP contribution in [0.4, 0.5) is 10.5 Å². The number of rotatable bonds is 7. The number of ether oxygens (including phenoxy) is 2. The molecule has 3 rings (SSSR count). The molecule has 2 aromatic carbocycles. The summed E-state index contributed by atoms with van der Waals surface area (Å²) < 4.78 is 10.7. The van der Waals surface area contributed by atoms with Gasteiger partial charge in [-0.1, -0.05) is 30.3 Å². The average Bonchev–Trinajstić information content (AvgIpc) is 2.74. The summed E-state index contributed by atoms with van der Waals surface area (Å²) >= 11 is 0. The predicted molar refractivity (Wildman–Crippen MR) is 115 cm³/mol. The lowest BCUT2D eigenvalue weighted by molar-refractivity contribution is -0.386. The second-order valence-electron chi connectivity index (χ2n) is 7.22. The highest BCUT2D eigenvalue weighted by atomic mass is 16.6. The summed E-state index contributed by atoms with van der Waals surface area (Å²) in [6.45, 7) is 5.16. The van der Waals surface area contributed by atoms with E-state index in [1.54, 1.807) is 51.1 Å². The number of nitro groups is 1. The van der Waals surface area contributed by atoms with E-state index in [1.165, 1.54) is 6.07 Å². The molecule has 1 atom stereocenters. The van der Waals surface area contributed by atoms with Crippen LogP contribution < -0.4 is 15.4 Å². The number of phenolic OH excluding ortho intramolecular Hbond substituents is 1. The molecule has 1 aliphatic heterocycles. The average molecular weight is 441 g/mol. The van der Waals surface area contributed by atoms with Crippen LogP contribution in [-0.4, -0.2) is 34.7 Å². The Morgan fingerprint density at radius 1 is 1.25 bits per heavy atom. The molecule has 0 saturated heterocycles. The van der Waals surface area contributed by atoms with E-state index in [-0.39, 0.29) is 29.2 Å². The molecule has 0 saturated carbocycles. The Labute approximate surface area is 184 Å². The summed E-state index contributed by atoms with van der Waals surface area (Å²) in [6, 6.07) is 9.45. The third kappa shape index (κ3) is 4.64. The third-order valence-corrected chi connectivity index (χ3v) is 4.60.